The first-order valence-corrected chi connectivity index (χ1v) is 7.44. The molecule has 2 bridgehead atoms. The molecule has 0 radical (unpaired) electrons. The number of rotatable bonds is 1. The summed E-state index contributed by atoms with van der Waals surface area (Å²) in [7, 11) is 2.14. The molecule has 0 aromatic heterocycles. The molecule has 1 fully saturated rings. The van der Waals surface area contributed by atoms with Gasteiger partial charge >= 0.3 is 0 Å². The van der Waals surface area contributed by atoms with Crippen molar-refractivity contribution in [2.75, 3.05) is 7.05 Å². The Bertz CT molecular complexity index is 578. The molecular formula is C17H19NO2. The van der Waals surface area contributed by atoms with Crippen molar-refractivity contribution >= 4 is 5.78 Å². The molecule has 1 unspecified atom stereocenters. The van der Waals surface area contributed by atoms with Gasteiger partial charge in [0.2, 0.25) is 0 Å². The quantitative estimate of drug-likeness (QED) is 0.785. The van der Waals surface area contributed by atoms with E-state index in [-0.39, 0.29) is 11.9 Å². The third-order valence-corrected chi connectivity index (χ3v) is 5.02. The van der Waals surface area contributed by atoms with Gasteiger partial charge in [0.05, 0.1) is 12.0 Å². The Morgan fingerprint density at radius 1 is 1.15 bits per heavy atom. The number of carbonyl (C=O) groups excluding carboxylic acids is 1. The standard InChI is InChI=1S/C17H19NO2/c1-18-12-7-8-13(18)17-14(19)10-15(20-16(17)9-12)11-5-3-2-4-6-11/h2-6,12-13,15H,7-10H2,1H3/t12?,13-,15-/m1/s1. The molecule has 3 heteroatoms. The molecular weight excluding hydrogens is 250 g/mol. The molecule has 0 amide bonds. The summed E-state index contributed by atoms with van der Waals surface area (Å²) in [5.41, 5.74) is 2.08. The van der Waals surface area contributed by atoms with Gasteiger partial charge in [-0.2, -0.15) is 0 Å². The molecule has 104 valence electrons. The Morgan fingerprint density at radius 3 is 2.75 bits per heavy atom. The highest BCUT2D eigenvalue weighted by Gasteiger charge is 2.45. The van der Waals surface area contributed by atoms with Gasteiger partial charge in [-0.25, -0.2) is 0 Å². The molecule has 3 heterocycles. The molecule has 4 rings (SSSR count). The minimum absolute atomic E-state index is 0.0924. The first-order chi connectivity index (χ1) is 9.74. The lowest BCUT2D eigenvalue weighted by Gasteiger charge is -2.38. The van der Waals surface area contributed by atoms with Crippen molar-refractivity contribution < 1.29 is 9.53 Å². The summed E-state index contributed by atoms with van der Waals surface area (Å²) in [5, 5.41) is 0. The van der Waals surface area contributed by atoms with Crippen LogP contribution in [0.1, 0.15) is 37.4 Å². The number of hydrogen-bond donors (Lipinski definition) is 0. The second-order valence-corrected chi connectivity index (χ2v) is 6.10. The van der Waals surface area contributed by atoms with E-state index in [1.807, 2.05) is 30.3 Å². The van der Waals surface area contributed by atoms with Crippen molar-refractivity contribution in [3.8, 4) is 0 Å². The van der Waals surface area contributed by atoms with Gasteiger partial charge in [0.25, 0.3) is 0 Å². The molecule has 20 heavy (non-hydrogen) atoms. The number of fused-ring (bicyclic) bond motifs is 3. The molecule has 3 aliphatic rings. The van der Waals surface area contributed by atoms with Crippen molar-refractivity contribution in [1.29, 1.82) is 0 Å². The monoisotopic (exact) mass is 269 g/mol. The maximum absolute atomic E-state index is 12.6. The summed E-state index contributed by atoms with van der Waals surface area (Å²) >= 11 is 0. The Morgan fingerprint density at radius 2 is 1.95 bits per heavy atom. The molecule has 3 aliphatic heterocycles. The summed E-state index contributed by atoms with van der Waals surface area (Å²) in [4.78, 5) is 14.9. The highest BCUT2D eigenvalue weighted by molar-refractivity contribution is 5.98. The summed E-state index contributed by atoms with van der Waals surface area (Å²) in [6.45, 7) is 0. The van der Waals surface area contributed by atoms with Crippen LogP contribution in [0.5, 0.6) is 0 Å². The van der Waals surface area contributed by atoms with Crippen molar-refractivity contribution in [3.05, 3.63) is 47.2 Å². The van der Waals surface area contributed by atoms with E-state index in [0.717, 1.165) is 29.7 Å². The third kappa shape index (κ3) is 1.73. The van der Waals surface area contributed by atoms with Crippen LogP contribution in [0.3, 0.4) is 0 Å². The number of hydrogen-bond acceptors (Lipinski definition) is 3. The van der Waals surface area contributed by atoms with Crippen LogP contribution in [0.15, 0.2) is 41.7 Å². The van der Waals surface area contributed by atoms with Crippen LogP contribution in [0, 0.1) is 0 Å². The van der Waals surface area contributed by atoms with E-state index >= 15 is 0 Å². The van der Waals surface area contributed by atoms with Crippen molar-refractivity contribution in [2.24, 2.45) is 0 Å². The highest BCUT2D eigenvalue weighted by atomic mass is 16.5. The fourth-order valence-corrected chi connectivity index (χ4v) is 3.91. The van der Waals surface area contributed by atoms with Gasteiger partial charge in [-0.05, 0) is 25.5 Å². The topological polar surface area (TPSA) is 29.5 Å². The molecule has 0 aliphatic carbocycles. The van der Waals surface area contributed by atoms with Crippen LogP contribution in [0.4, 0.5) is 0 Å². The number of likely N-dealkylation sites (N-methyl/N-ethyl adjacent to an activating group) is 1. The first-order valence-electron chi connectivity index (χ1n) is 7.44. The van der Waals surface area contributed by atoms with Gasteiger partial charge in [0, 0.05) is 18.5 Å². The van der Waals surface area contributed by atoms with Crippen molar-refractivity contribution in [2.45, 2.75) is 43.9 Å². The van der Waals surface area contributed by atoms with Crippen LogP contribution < -0.4 is 0 Å². The lowest BCUT2D eigenvalue weighted by Crippen LogP contribution is -2.42. The zero-order chi connectivity index (χ0) is 13.7. The average molecular weight is 269 g/mol. The van der Waals surface area contributed by atoms with E-state index in [4.69, 9.17) is 4.74 Å². The summed E-state index contributed by atoms with van der Waals surface area (Å²) in [5.74, 6) is 1.26. The fourth-order valence-electron chi connectivity index (χ4n) is 3.91. The zero-order valence-electron chi connectivity index (χ0n) is 11.7. The molecule has 1 aromatic rings. The van der Waals surface area contributed by atoms with Crippen molar-refractivity contribution in [1.82, 2.24) is 4.90 Å². The van der Waals surface area contributed by atoms with Gasteiger partial charge in [0.1, 0.15) is 11.9 Å². The fraction of sp³-hybridized carbons (Fsp3) is 0.471. The summed E-state index contributed by atoms with van der Waals surface area (Å²) in [6.07, 6.45) is 3.58. The highest BCUT2D eigenvalue weighted by Crippen LogP contribution is 2.44. The van der Waals surface area contributed by atoms with Gasteiger partial charge in [-0.1, -0.05) is 30.3 Å². The number of carbonyl (C=O) groups is 1. The number of benzene rings is 1. The number of nitrogens with zero attached hydrogens (tertiary/aromatic N) is 1. The summed E-state index contributed by atoms with van der Waals surface area (Å²) < 4.78 is 6.21. The Balaban J connectivity index is 1.68. The van der Waals surface area contributed by atoms with Crippen LogP contribution in [0.25, 0.3) is 0 Å². The van der Waals surface area contributed by atoms with Crippen molar-refractivity contribution in [3.63, 3.8) is 0 Å². The zero-order valence-corrected chi connectivity index (χ0v) is 11.7. The maximum atomic E-state index is 12.6. The smallest absolute Gasteiger partial charge is 0.167 e. The normalized spacial score (nSPS) is 33.0. The van der Waals surface area contributed by atoms with E-state index in [1.165, 1.54) is 6.42 Å². The molecule has 0 spiro atoms. The summed E-state index contributed by atoms with van der Waals surface area (Å²) in [6, 6.07) is 11.0. The van der Waals surface area contributed by atoms with E-state index in [0.29, 0.717) is 18.5 Å². The lowest BCUT2D eigenvalue weighted by molar-refractivity contribution is -0.121. The Labute approximate surface area is 119 Å². The number of Topliss-reactive ketones (excluding diaryl/α,β-unsaturated/α-hetero) is 1. The largest absolute Gasteiger partial charge is 0.489 e. The van der Waals surface area contributed by atoms with Gasteiger partial charge in [-0.15, -0.1) is 0 Å². The lowest BCUT2D eigenvalue weighted by atomic mass is 9.89. The molecule has 0 saturated carbocycles. The molecule has 3 nitrogen and oxygen atoms in total. The van der Waals surface area contributed by atoms with Gasteiger partial charge < -0.3 is 4.74 Å². The Hall–Kier alpha value is -1.61. The van der Waals surface area contributed by atoms with Gasteiger partial charge in [0.15, 0.2) is 5.78 Å². The van der Waals surface area contributed by atoms with E-state index in [2.05, 4.69) is 11.9 Å². The minimum atomic E-state index is -0.0924. The molecule has 3 atom stereocenters. The number of ketones is 1. The minimum Gasteiger partial charge on any atom is -0.489 e. The first kappa shape index (κ1) is 12.2. The molecule has 0 N–H and O–H groups in total. The predicted molar refractivity (Wildman–Crippen MR) is 76.1 cm³/mol. The van der Waals surface area contributed by atoms with E-state index in [9.17, 15) is 4.79 Å². The maximum Gasteiger partial charge on any atom is 0.167 e. The Kier molecular flexibility index (Phi) is 2.71. The molecule has 1 saturated heterocycles. The molecule has 1 aromatic carbocycles. The average Bonchev–Trinajstić information content (AvgIpc) is 2.72. The van der Waals surface area contributed by atoms with Crippen LogP contribution >= 0.6 is 0 Å². The SMILES string of the molecule is CN1C2CC[C@@H]1C1=C(C2)O[C@@H](c2ccccc2)CC1=O. The second kappa shape index (κ2) is 4.45. The van der Waals surface area contributed by atoms with E-state index in [1.54, 1.807) is 0 Å². The van der Waals surface area contributed by atoms with Crippen LogP contribution in [-0.4, -0.2) is 29.8 Å². The third-order valence-electron chi connectivity index (χ3n) is 5.02. The van der Waals surface area contributed by atoms with Gasteiger partial charge in [-0.3, -0.25) is 9.69 Å². The van der Waals surface area contributed by atoms with E-state index < -0.39 is 0 Å². The second-order valence-electron chi connectivity index (χ2n) is 6.10. The van der Waals surface area contributed by atoms with Crippen LogP contribution in [0.2, 0.25) is 0 Å². The predicted octanol–water partition coefficient (Wildman–Crippen LogP) is 2.84. The number of ether oxygens (including phenoxy) is 1. The van der Waals surface area contributed by atoms with Crippen LogP contribution in [-0.2, 0) is 9.53 Å².